The Labute approximate surface area is 156 Å². The van der Waals surface area contributed by atoms with E-state index in [4.69, 9.17) is 5.73 Å². The highest BCUT2D eigenvalue weighted by Crippen LogP contribution is 2.32. The van der Waals surface area contributed by atoms with Crippen LogP contribution in [-0.2, 0) is 6.18 Å². The highest BCUT2D eigenvalue weighted by molar-refractivity contribution is 6.01. The smallest absolute Gasteiger partial charge is 0.339 e. The molecule has 0 saturated carbocycles. The van der Waals surface area contributed by atoms with E-state index in [-0.39, 0.29) is 24.4 Å². The summed E-state index contributed by atoms with van der Waals surface area (Å²) in [7, 11) is 0. The fraction of sp³-hybridized carbons (Fsp3) is 0.316. The number of alkyl halides is 3. The first-order chi connectivity index (χ1) is 11.9. The summed E-state index contributed by atoms with van der Waals surface area (Å²) in [5.41, 5.74) is 6.89. The minimum atomic E-state index is -4.37. The second-order valence-electron chi connectivity index (χ2n) is 6.25. The normalized spacial score (nSPS) is 15.5. The number of benzene rings is 2. The lowest BCUT2D eigenvalue weighted by molar-refractivity contribution is -0.137. The Morgan fingerprint density at radius 2 is 1.58 bits per heavy atom. The summed E-state index contributed by atoms with van der Waals surface area (Å²) in [5.74, 6) is -0.109. The van der Waals surface area contributed by atoms with Gasteiger partial charge in [-0.1, -0.05) is 30.3 Å². The molecule has 140 valence electrons. The lowest BCUT2D eigenvalue weighted by Gasteiger charge is -2.30. The summed E-state index contributed by atoms with van der Waals surface area (Å²) >= 11 is 0. The Kier molecular flexibility index (Phi) is 6.31. The number of hydrogen-bond acceptors (Lipinski definition) is 2. The van der Waals surface area contributed by atoms with Gasteiger partial charge in [0.1, 0.15) is 0 Å². The van der Waals surface area contributed by atoms with Crippen molar-refractivity contribution in [1.29, 1.82) is 0 Å². The third kappa shape index (κ3) is 4.37. The van der Waals surface area contributed by atoms with Gasteiger partial charge in [-0.3, -0.25) is 4.79 Å². The molecule has 7 heteroatoms. The molecule has 0 aliphatic carbocycles. The number of amides is 1. The summed E-state index contributed by atoms with van der Waals surface area (Å²) in [6, 6.07) is 12.0. The maximum Gasteiger partial charge on any atom is 0.416 e. The van der Waals surface area contributed by atoms with Gasteiger partial charge < -0.3 is 10.6 Å². The first-order valence-electron chi connectivity index (χ1n) is 8.18. The average molecular weight is 385 g/mol. The molecule has 0 unspecified atom stereocenters. The van der Waals surface area contributed by atoms with E-state index in [1.165, 1.54) is 12.1 Å². The summed E-state index contributed by atoms with van der Waals surface area (Å²) in [6.45, 7) is 1.20. The number of nitrogens with two attached hydrogens (primary N) is 1. The zero-order valence-corrected chi connectivity index (χ0v) is 14.8. The number of nitrogens with zero attached hydrogens (tertiary/aromatic N) is 1. The van der Waals surface area contributed by atoms with E-state index in [9.17, 15) is 18.0 Å². The molecule has 0 radical (unpaired) electrons. The van der Waals surface area contributed by atoms with Crippen LogP contribution < -0.4 is 5.73 Å². The molecule has 2 N–H and O–H groups in total. The number of rotatable bonds is 2. The van der Waals surface area contributed by atoms with Crippen molar-refractivity contribution in [3.8, 4) is 11.1 Å². The van der Waals surface area contributed by atoms with Gasteiger partial charge in [-0.2, -0.15) is 13.2 Å². The Morgan fingerprint density at radius 3 is 2.15 bits per heavy atom. The lowest BCUT2D eigenvalue weighted by atomic mass is 9.97. The molecular weight excluding hydrogens is 365 g/mol. The third-order valence-electron chi connectivity index (χ3n) is 4.51. The highest BCUT2D eigenvalue weighted by atomic mass is 35.5. The van der Waals surface area contributed by atoms with E-state index in [1.807, 2.05) is 0 Å². The molecule has 0 bridgehead atoms. The van der Waals surface area contributed by atoms with Gasteiger partial charge in [0.15, 0.2) is 0 Å². The van der Waals surface area contributed by atoms with E-state index >= 15 is 0 Å². The molecule has 0 spiro atoms. The number of hydrogen-bond donors (Lipinski definition) is 1. The van der Waals surface area contributed by atoms with Crippen LogP contribution in [0.5, 0.6) is 0 Å². The van der Waals surface area contributed by atoms with Crippen molar-refractivity contribution in [3.63, 3.8) is 0 Å². The maximum absolute atomic E-state index is 12.8. The third-order valence-corrected chi connectivity index (χ3v) is 4.51. The van der Waals surface area contributed by atoms with Crippen molar-refractivity contribution < 1.29 is 18.0 Å². The molecule has 1 aliphatic rings. The lowest BCUT2D eigenvalue weighted by Crippen LogP contribution is -2.43. The number of likely N-dealkylation sites (tertiary alicyclic amines) is 1. The second kappa shape index (κ2) is 8.10. The molecule has 1 aliphatic heterocycles. The van der Waals surface area contributed by atoms with E-state index < -0.39 is 11.7 Å². The van der Waals surface area contributed by atoms with Crippen LogP contribution in [0.1, 0.15) is 28.8 Å². The molecular formula is C19H20ClF3N2O. The minimum Gasteiger partial charge on any atom is -0.339 e. The molecule has 26 heavy (non-hydrogen) atoms. The average Bonchev–Trinajstić information content (AvgIpc) is 2.61. The fourth-order valence-electron chi connectivity index (χ4n) is 3.03. The van der Waals surface area contributed by atoms with Gasteiger partial charge in [0, 0.05) is 24.7 Å². The highest BCUT2D eigenvalue weighted by Gasteiger charge is 2.30. The Morgan fingerprint density at radius 1 is 1.00 bits per heavy atom. The molecule has 3 nitrogen and oxygen atoms in total. The number of piperidine rings is 1. The first-order valence-corrected chi connectivity index (χ1v) is 8.18. The van der Waals surface area contributed by atoms with Crippen molar-refractivity contribution in [1.82, 2.24) is 4.90 Å². The molecule has 1 fully saturated rings. The van der Waals surface area contributed by atoms with Crippen LogP contribution in [0.15, 0.2) is 48.5 Å². The van der Waals surface area contributed by atoms with Crippen LogP contribution >= 0.6 is 12.4 Å². The molecule has 2 aromatic carbocycles. The monoisotopic (exact) mass is 384 g/mol. The van der Waals surface area contributed by atoms with Crippen molar-refractivity contribution in [2.45, 2.75) is 25.1 Å². The Bertz CT molecular complexity index is 754. The minimum absolute atomic E-state index is 0. The number of halogens is 4. The molecule has 0 atom stereocenters. The molecule has 2 aromatic rings. The SMILES string of the molecule is Cl.NC1CCN(C(=O)c2ccccc2-c2ccc(C(F)(F)F)cc2)CC1. The second-order valence-corrected chi connectivity index (χ2v) is 6.25. The van der Waals surface area contributed by atoms with Crippen LogP contribution in [0.4, 0.5) is 13.2 Å². The largest absolute Gasteiger partial charge is 0.416 e. The van der Waals surface area contributed by atoms with Gasteiger partial charge in [0.25, 0.3) is 5.91 Å². The maximum atomic E-state index is 12.8. The van der Waals surface area contributed by atoms with E-state index in [2.05, 4.69) is 0 Å². The van der Waals surface area contributed by atoms with Gasteiger partial charge in [-0.05, 0) is 42.2 Å². The Balaban J connectivity index is 0.00000243. The quantitative estimate of drug-likeness (QED) is 0.836. The van der Waals surface area contributed by atoms with Crippen molar-refractivity contribution in [2.24, 2.45) is 5.73 Å². The van der Waals surface area contributed by atoms with E-state index in [0.29, 0.717) is 29.8 Å². The predicted octanol–water partition coefficient (Wildman–Crippen LogP) is 4.36. The topological polar surface area (TPSA) is 46.3 Å². The van der Waals surface area contributed by atoms with Crippen LogP contribution in [-0.4, -0.2) is 29.9 Å². The van der Waals surface area contributed by atoms with Crippen molar-refractivity contribution >= 4 is 18.3 Å². The van der Waals surface area contributed by atoms with Crippen LogP contribution in [0.2, 0.25) is 0 Å². The summed E-state index contributed by atoms with van der Waals surface area (Å²) in [6.07, 6.45) is -2.86. The first kappa shape index (κ1) is 20.3. The Hall–Kier alpha value is -2.05. The van der Waals surface area contributed by atoms with Crippen LogP contribution in [0.3, 0.4) is 0 Å². The molecule has 1 saturated heterocycles. The fourth-order valence-corrected chi connectivity index (χ4v) is 3.03. The summed E-state index contributed by atoms with van der Waals surface area (Å²) in [5, 5.41) is 0. The van der Waals surface area contributed by atoms with Crippen molar-refractivity contribution in [3.05, 3.63) is 59.7 Å². The zero-order valence-electron chi connectivity index (χ0n) is 14.0. The van der Waals surface area contributed by atoms with Gasteiger partial charge >= 0.3 is 6.18 Å². The summed E-state index contributed by atoms with van der Waals surface area (Å²) < 4.78 is 38.2. The molecule has 1 heterocycles. The van der Waals surface area contributed by atoms with Crippen molar-refractivity contribution in [2.75, 3.05) is 13.1 Å². The van der Waals surface area contributed by atoms with Gasteiger partial charge in [0.2, 0.25) is 0 Å². The van der Waals surface area contributed by atoms with E-state index in [1.54, 1.807) is 29.2 Å². The predicted molar refractivity (Wildman–Crippen MR) is 97.2 cm³/mol. The number of carbonyl (C=O) groups excluding carboxylic acids is 1. The van der Waals surface area contributed by atoms with Gasteiger partial charge in [-0.25, -0.2) is 0 Å². The zero-order chi connectivity index (χ0) is 18.0. The summed E-state index contributed by atoms with van der Waals surface area (Å²) in [4.78, 5) is 14.6. The molecule has 3 rings (SSSR count). The standard InChI is InChI=1S/C19H19F3N2O.ClH/c20-19(21,22)14-7-5-13(6-8-14)16-3-1-2-4-17(16)18(25)24-11-9-15(23)10-12-24;/h1-8,15H,9-12,23H2;1H. The van der Waals surface area contributed by atoms with Crippen LogP contribution in [0, 0.1) is 0 Å². The van der Waals surface area contributed by atoms with E-state index in [0.717, 1.165) is 25.0 Å². The molecule has 1 amide bonds. The van der Waals surface area contributed by atoms with Crippen LogP contribution in [0.25, 0.3) is 11.1 Å². The van der Waals surface area contributed by atoms with Gasteiger partial charge in [0.05, 0.1) is 5.56 Å². The van der Waals surface area contributed by atoms with Gasteiger partial charge in [-0.15, -0.1) is 12.4 Å². The molecule has 0 aromatic heterocycles. The number of carbonyl (C=O) groups is 1.